The zero-order chi connectivity index (χ0) is 12.7. The molecule has 0 aliphatic rings. The van der Waals surface area contributed by atoms with E-state index in [0.717, 1.165) is 22.4 Å². The molecule has 0 spiro atoms. The van der Waals surface area contributed by atoms with Crippen molar-refractivity contribution in [2.24, 2.45) is 12.8 Å². The molecule has 2 N–H and O–H groups in total. The molecule has 0 saturated carbocycles. The normalized spacial score (nSPS) is 13.1. The molecule has 1 atom stereocenters. The van der Waals surface area contributed by atoms with Gasteiger partial charge < -0.3 is 10.2 Å². The molecule has 92 valence electrons. The highest BCUT2D eigenvalue weighted by molar-refractivity contribution is 5.73. The first-order valence-electron chi connectivity index (χ1n) is 5.75. The largest absolute Gasteiger partial charge is 0.457 e. The summed E-state index contributed by atoms with van der Waals surface area (Å²) in [5.41, 5.74) is 9.64. The minimum Gasteiger partial charge on any atom is -0.457 e. The van der Waals surface area contributed by atoms with Gasteiger partial charge in [0, 0.05) is 30.6 Å². The molecular formula is C13H14N4O. The predicted molar refractivity (Wildman–Crippen MR) is 68.0 cm³/mol. The lowest BCUT2D eigenvalue weighted by Gasteiger charge is -2.04. The number of hydrogen-bond acceptors (Lipinski definition) is 4. The van der Waals surface area contributed by atoms with Gasteiger partial charge in [-0.3, -0.25) is 4.68 Å². The topological polar surface area (TPSA) is 69.9 Å². The Labute approximate surface area is 104 Å². The van der Waals surface area contributed by atoms with Crippen LogP contribution in [0.3, 0.4) is 0 Å². The molecule has 0 saturated heterocycles. The SMILES string of the molecule is Cc1ccc2oc(C(N)c3cnn(C)c3)cc2n1. The fraction of sp³-hybridized carbons (Fsp3) is 0.231. The third kappa shape index (κ3) is 1.78. The third-order valence-electron chi connectivity index (χ3n) is 2.92. The van der Waals surface area contributed by atoms with Gasteiger partial charge in [-0.15, -0.1) is 0 Å². The summed E-state index contributed by atoms with van der Waals surface area (Å²) in [6.07, 6.45) is 3.63. The summed E-state index contributed by atoms with van der Waals surface area (Å²) in [6.45, 7) is 1.95. The second-order valence-corrected chi connectivity index (χ2v) is 4.41. The average molecular weight is 242 g/mol. The van der Waals surface area contributed by atoms with Gasteiger partial charge in [-0.1, -0.05) is 0 Å². The van der Waals surface area contributed by atoms with Crippen molar-refractivity contribution in [2.45, 2.75) is 13.0 Å². The van der Waals surface area contributed by atoms with Crippen molar-refractivity contribution in [3.8, 4) is 0 Å². The Morgan fingerprint density at radius 2 is 2.22 bits per heavy atom. The van der Waals surface area contributed by atoms with Gasteiger partial charge in [0.1, 0.15) is 11.3 Å². The number of aromatic nitrogens is 3. The van der Waals surface area contributed by atoms with Gasteiger partial charge in [0.05, 0.1) is 12.2 Å². The highest BCUT2D eigenvalue weighted by Crippen LogP contribution is 2.25. The van der Waals surface area contributed by atoms with Gasteiger partial charge in [-0.25, -0.2) is 4.98 Å². The number of fused-ring (bicyclic) bond motifs is 1. The molecule has 0 aromatic carbocycles. The van der Waals surface area contributed by atoms with Crippen molar-refractivity contribution in [1.29, 1.82) is 0 Å². The van der Waals surface area contributed by atoms with E-state index in [1.165, 1.54) is 0 Å². The van der Waals surface area contributed by atoms with E-state index in [-0.39, 0.29) is 6.04 Å². The summed E-state index contributed by atoms with van der Waals surface area (Å²) in [6, 6.07) is 5.41. The molecule has 18 heavy (non-hydrogen) atoms. The first-order valence-corrected chi connectivity index (χ1v) is 5.75. The number of aryl methyl sites for hydroxylation is 2. The van der Waals surface area contributed by atoms with Crippen LogP contribution in [0.15, 0.2) is 35.0 Å². The van der Waals surface area contributed by atoms with Crippen LogP contribution in [0.2, 0.25) is 0 Å². The van der Waals surface area contributed by atoms with Crippen LogP contribution in [0.1, 0.15) is 23.1 Å². The van der Waals surface area contributed by atoms with E-state index >= 15 is 0 Å². The molecule has 3 heterocycles. The van der Waals surface area contributed by atoms with E-state index in [1.807, 2.05) is 38.4 Å². The molecule has 0 aliphatic carbocycles. The Morgan fingerprint density at radius 3 is 2.94 bits per heavy atom. The van der Waals surface area contributed by atoms with Crippen molar-refractivity contribution in [3.05, 3.63) is 47.6 Å². The summed E-state index contributed by atoms with van der Waals surface area (Å²) in [7, 11) is 1.86. The summed E-state index contributed by atoms with van der Waals surface area (Å²) in [4.78, 5) is 4.41. The molecule has 0 bridgehead atoms. The van der Waals surface area contributed by atoms with Gasteiger partial charge in [-0.05, 0) is 19.1 Å². The minimum absolute atomic E-state index is 0.312. The lowest BCUT2D eigenvalue weighted by molar-refractivity contribution is 0.525. The molecule has 0 radical (unpaired) electrons. The Bertz CT molecular complexity index is 698. The van der Waals surface area contributed by atoms with E-state index in [4.69, 9.17) is 10.2 Å². The second-order valence-electron chi connectivity index (χ2n) is 4.41. The molecule has 0 aliphatic heterocycles. The fourth-order valence-electron chi connectivity index (χ4n) is 1.96. The van der Waals surface area contributed by atoms with Crippen molar-refractivity contribution in [2.75, 3.05) is 0 Å². The first kappa shape index (κ1) is 11.0. The Morgan fingerprint density at radius 1 is 1.39 bits per heavy atom. The van der Waals surface area contributed by atoms with Gasteiger partial charge >= 0.3 is 0 Å². The zero-order valence-corrected chi connectivity index (χ0v) is 10.3. The summed E-state index contributed by atoms with van der Waals surface area (Å²) in [5.74, 6) is 0.705. The van der Waals surface area contributed by atoms with Crippen molar-refractivity contribution in [1.82, 2.24) is 14.8 Å². The van der Waals surface area contributed by atoms with Crippen LogP contribution in [0.25, 0.3) is 11.1 Å². The van der Waals surface area contributed by atoms with Crippen LogP contribution in [0, 0.1) is 6.92 Å². The van der Waals surface area contributed by atoms with Gasteiger partial charge in [0.25, 0.3) is 0 Å². The number of nitrogens with zero attached hydrogens (tertiary/aromatic N) is 3. The number of furan rings is 1. The van der Waals surface area contributed by atoms with Crippen LogP contribution in [0.5, 0.6) is 0 Å². The smallest absolute Gasteiger partial charge is 0.152 e. The maximum absolute atomic E-state index is 6.16. The second kappa shape index (κ2) is 3.96. The van der Waals surface area contributed by atoms with Crippen molar-refractivity contribution >= 4 is 11.1 Å². The highest BCUT2D eigenvalue weighted by Gasteiger charge is 2.16. The molecule has 0 amide bonds. The average Bonchev–Trinajstić information content (AvgIpc) is 2.93. The highest BCUT2D eigenvalue weighted by atomic mass is 16.3. The van der Waals surface area contributed by atoms with Gasteiger partial charge in [0.15, 0.2) is 5.58 Å². The standard InChI is InChI=1S/C13H14N4O/c1-8-3-4-11-10(16-8)5-12(18-11)13(14)9-6-15-17(2)7-9/h3-7,13H,14H2,1-2H3. The Hall–Kier alpha value is -2.14. The van der Waals surface area contributed by atoms with E-state index < -0.39 is 0 Å². The monoisotopic (exact) mass is 242 g/mol. The van der Waals surface area contributed by atoms with Crippen LogP contribution >= 0.6 is 0 Å². The van der Waals surface area contributed by atoms with Crippen LogP contribution in [-0.2, 0) is 7.05 Å². The molecule has 3 aromatic heterocycles. The zero-order valence-electron chi connectivity index (χ0n) is 10.3. The Kier molecular flexibility index (Phi) is 2.41. The van der Waals surface area contributed by atoms with Crippen LogP contribution in [-0.4, -0.2) is 14.8 Å². The summed E-state index contributed by atoms with van der Waals surface area (Å²) < 4.78 is 7.45. The van der Waals surface area contributed by atoms with Crippen molar-refractivity contribution in [3.63, 3.8) is 0 Å². The maximum atomic E-state index is 6.16. The van der Waals surface area contributed by atoms with Gasteiger partial charge in [0.2, 0.25) is 0 Å². The number of rotatable bonds is 2. The molecule has 1 unspecified atom stereocenters. The summed E-state index contributed by atoms with van der Waals surface area (Å²) in [5, 5.41) is 4.11. The van der Waals surface area contributed by atoms with Crippen LogP contribution in [0.4, 0.5) is 0 Å². The third-order valence-corrected chi connectivity index (χ3v) is 2.92. The molecule has 5 nitrogen and oxygen atoms in total. The molecule has 0 fully saturated rings. The lowest BCUT2D eigenvalue weighted by Crippen LogP contribution is -2.09. The molecule has 5 heteroatoms. The van der Waals surface area contributed by atoms with Crippen molar-refractivity contribution < 1.29 is 4.42 Å². The first-order chi connectivity index (χ1) is 8.63. The number of hydrogen-bond donors (Lipinski definition) is 1. The van der Waals surface area contributed by atoms with Crippen LogP contribution < -0.4 is 5.73 Å². The van der Waals surface area contributed by atoms with E-state index in [2.05, 4.69) is 10.1 Å². The van der Waals surface area contributed by atoms with E-state index in [0.29, 0.717) is 5.76 Å². The molecular weight excluding hydrogens is 228 g/mol. The Balaban J connectivity index is 2.03. The summed E-state index contributed by atoms with van der Waals surface area (Å²) >= 11 is 0. The number of pyridine rings is 1. The molecule has 3 rings (SSSR count). The number of nitrogens with two attached hydrogens (primary N) is 1. The minimum atomic E-state index is -0.312. The van der Waals surface area contributed by atoms with E-state index in [9.17, 15) is 0 Å². The van der Waals surface area contributed by atoms with Gasteiger partial charge in [-0.2, -0.15) is 5.10 Å². The quantitative estimate of drug-likeness (QED) is 0.745. The fourth-order valence-corrected chi connectivity index (χ4v) is 1.96. The van der Waals surface area contributed by atoms with E-state index in [1.54, 1.807) is 10.9 Å². The molecule has 3 aromatic rings. The predicted octanol–water partition coefficient (Wildman–Crippen LogP) is 1.92. The lowest BCUT2D eigenvalue weighted by atomic mass is 10.1. The maximum Gasteiger partial charge on any atom is 0.152 e.